The van der Waals surface area contributed by atoms with E-state index < -0.39 is 0 Å². The van der Waals surface area contributed by atoms with Gasteiger partial charge in [-0.2, -0.15) is 5.10 Å². The van der Waals surface area contributed by atoms with Gasteiger partial charge >= 0.3 is 0 Å². The lowest BCUT2D eigenvalue weighted by Crippen LogP contribution is -2.56. The summed E-state index contributed by atoms with van der Waals surface area (Å²) in [5.74, 6) is 0.107. The number of methoxy groups -OCH3 is 1. The van der Waals surface area contributed by atoms with Gasteiger partial charge in [-0.15, -0.1) is 0 Å². The van der Waals surface area contributed by atoms with Crippen molar-refractivity contribution in [2.45, 2.75) is 32.0 Å². The van der Waals surface area contributed by atoms with Crippen molar-refractivity contribution in [3.8, 4) is 0 Å². The number of aryl methyl sites for hydroxylation is 1. The maximum atomic E-state index is 12.4. The summed E-state index contributed by atoms with van der Waals surface area (Å²) in [6.07, 6.45) is 3.91. The highest BCUT2D eigenvalue weighted by atomic mass is 16.5. The summed E-state index contributed by atoms with van der Waals surface area (Å²) in [6.45, 7) is 5.68. The molecule has 1 atom stereocenters. The zero-order valence-corrected chi connectivity index (χ0v) is 12.6. The summed E-state index contributed by atoms with van der Waals surface area (Å²) in [4.78, 5) is 14.3. The number of amides is 1. The molecule has 2 heterocycles. The van der Waals surface area contributed by atoms with Crippen LogP contribution in [0.4, 0.5) is 0 Å². The van der Waals surface area contributed by atoms with Crippen LogP contribution in [-0.2, 0) is 27.7 Å². The standard InChI is InChI=1S/C14H23N3O3/c1-14(2)10-17(8-12(20-14)9-19-4)13(18)5-11-6-15-16(3)7-11/h6-7,12H,5,8-10H2,1-4H3/t12-/m1/s1. The van der Waals surface area contributed by atoms with Crippen molar-refractivity contribution < 1.29 is 14.3 Å². The van der Waals surface area contributed by atoms with E-state index >= 15 is 0 Å². The van der Waals surface area contributed by atoms with Gasteiger partial charge in [0.05, 0.1) is 30.9 Å². The highest BCUT2D eigenvalue weighted by molar-refractivity contribution is 5.78. The molecule has 1 fully saturated rings. The lowest BCUT2D eigenvalue weighted by molar-refractivity contribution is -0.168. The minimum Gasteiger partial charge on any atom is -0.382 e. The minimum atomic E-state index is -0.341. The lowest BCUT2D eigenvalue weighted by Gasteiger charge is -2.42. The number of morpholine rings is 1. The molecule has 0 unspecified atom stereocenters. The van der Waals surface area contributed by atoms with Gasteiger partial charge < -0.3 is 14.4 Å². The number of ether oxygens (including phenoxy) is 2. The van der Waals surface area contributed by atoms with Crippen LogP contribution in [0.2, 0.25) is 0 Å². The smallest absolute Gasteiger partial charge is 0.227 e. The largest absolute Gasteiger partial charge is 0.382 e. The van der Waals surface area contributed by atoms with Gasteiger partial charge in [0.25, 0.3) is 0 Å². The van der Waals surface area contributed by atoms with Crippen molar-refractivity contribution in [2.24, 2.45) is 7.05 Å². The summed E-state index contributed by atoms with van der Waals surface area (Å²) in [6, 6.07) is 0. The van der Waals surface area contributed by atoms with E-state index in [-0.39, 0.29) is 17.6 Å². The first-order valence-electron chi connectivity index (χ1n) is 6.82. The van der Waals surface area contributed by atoms with Crippen molar-refractivity contribution in [1.29, 1.82) is 0 Å². The number of hydrogen-bond donors (Lipinski definition) is 0. The fourth-order valence-corrected chi connectivity index (χ4v) is 2.61. The molecule has 0 bridgehead atoms. The second-order valence-corrected chi connectivity index (χ2v) is 5.93. The first-order valence-corrected chi connectivity index (χ1v) is 6.82. The highest BCUT2D eigenvalue weighted by Gasteiger charge is 2.35. The SMILES string of the molecule is COC[C@H]1CN(C(=O)Cc2cnn(C)c2)CC(C)(C)O1. The highest BCUT2D eigenvalue weighted by Crippen LogP contribution is 2.22. The van der Waals surface area contributed by atoms with Crippen LogP contribution in [-0.4, -0.2) is 59.1 Å². The second-order valence-electron chi connectivity index (χ2n) is 5.93. The maximum Gasteiger partial charge on any atom is 0.227 e. The van der Waals surface area contributed by atoms with E-state index in [4.69, 9.17) is 9.47 Å². The summed E-state index contributed by atoms with van der Waals surface area (Å²) < 4.78 is 12.8. The van der Waals surface area contributed by atoms with Crippen LogP contribution in [0.5, 0.6) is 0 Å². The van der Waals surface area contributed by atoms with Crippen LogP contribution in [0.3, 0.4) is 0 Å². The van der Waals surface area contributed by atoms with E-state index in [1.54, 1.807) is 18.0 Å². The molecule has 20 heavy (non-hydrogen) atoms. The molecule has 0 radical (unpaired) electrons. The molecule has 1 aliphatic rings. The number of carbonyl (C=O) groups excluding carboxylic acids is 1. The maximum absolute atomic E-state index is 12.4. The molecule has 0 saturated carbocycles. The van der Waals surface area contributed by atoms with Crippen LogP contribution < -0.4 is 0 Å². The molecule has 1 aliphatic heterocycles. The Morgan fingerprint density at radius 1 is 1.60 bits per heavy atom. The monoisotopic (exact) mass is 281 g/mol. The number of carbonyl (C=O) groups is 1. The Bertz CT molecular complexity index is 470. The number of hydrogen-bond acceptors (Lipinski definition) is 4. The molecular formula is C14H23N3O3. The van der Waals surface area contributed by atoms with Gasteiger partial charge in [0.2, 0.25) is 5.91 Å². The zero-order chi connectivity index (χ0) is 14.8. The predicted octanol–water partition coefficient (Wildman–Crippen LogP) is 0.615. The van der Waals surface area contributed by atoms with Crippen LogP contribution in [0.25, 0.3) is 0 Å². The Balaban J connectivity index is 2.00. The topological polar surface area (TPSA) is 56.6 Å². The van der Waals surface area contributed by atoms with Crippen LogP contribution in [0.1, 0.15) is 19.4 Å². The number of aromatic nitrogens is 2. The first-order chi connectivity index (χ1) is 9.39. The Morgan fingerprint density at radius 2 is 2.35 bits per heavy atom. The average Bonchev–Trinajstić information content (AvgIpc) is 2.73. The molecule has 1 aromatic rings. The molecule has 1 saturated heterocycles. The van der Waals surface area contributed by atoms with Crippen LogP contribution >= 0.6 is 0 Å². The summed E-state index contributed by atoms with van der Waals surface area (Å²) in [5.41, 5.74) is 0.594. The van der Waals surface area contributed by atoms with E-state index in [0.717, 1.165) is 5.56 Å². The lowest BCUT2D eigenvalue weighted by atomic mass is 10.0. The van der Waals surface area contributed by atoms with Crippen LogP contribution in [0, 0.1) is 0 Å². The molecule has 0 N–H and O–H groups in total. The van der Waals surface area contributed by atoms with Gasteiger partial charge in [0.1, 0.15) is 0 Å². The third kappa shape index (κ3) is 3.80. The normalized spacial score (nSPS) is 22.0. The van der Waals surface area contributed by atoms with Gasteiger partial charge in [-0.1, -0.05) is 0 Å². The minimum absolute atomic E-state index is 0.0680. The summed E-state index contributed by atoms with van der Waals surface area (Å²) in [5, 5.41) is 4.09. The molecule has 0 aliphatic carbocycles. The first kappa shape index (κ1) is 15.0. The number of rotatable bonds is 4. The van der Waals surface area contributed by atoms with Crippen LogP contribution in [0.15, 0.2) is 12.4 Å². The fourth-order valence-electron chi connectivity index (χ4n) is 2.61. The van der Waals surface area contributed by atoms with Gasteiger partial charge in [-0.05, 0) is 19.4 Å². The Hall–Kier alpha value is -1.40. The Kier molecular flexibility index (Phi) is 4.45. The van der Waals surface area contributed by atoms with E-state index in [9.17, 15) is 4.79 Å². The fraction of sp³-hybridized carbons (Fsp3) is 0.714. The molecule has 112 valence electrons. The molecule has 6 nitrogen and oxygen atoms in total. The van der Waals surface area contributed by atoms with Gasteiger partial charge in [-0.3, -0.25) is 9.48 Å². The van der Waals surface area contributed by atoms with Crippen molar-refractivity contribution in [2.75, 3.05) is 26.8 Å². The molecule has 6 heteroatoms. The van der Waals surface area contributed by atoms with E-state index in [0.29, 0.717) is 26.1 Å². The quantitative estimate of drug-likeness (QED) is 0.811. The summed E-state index contributed by atoms with van der Waals surface area (Å²) >= 11 is 0. The molecule has 0 aromatic carbocycles. The van der Waals surface area contributed by atoms with Crippen molar-refractivity contribution in [3.05, 3.63) is 18.0 Å². The predicted molar refractivity (Wildman–Crippen MR) is 74.3 cm³/mol. The third-order valence-electron chi connectivity index (χ3n) is 3.30. The number of nitrogens with zero attached hydrogens (tertiary/aromatic N) is 3. The third-order valence-corrected chi connectivity index (χ3v) is 3.30. The van der Waals surface area contributed by atoms with Gasteiger partial charge in [0.15, 0.2) is 0 Å². The molecule has 1 aromatic heterocycles. The molecule has 0 spiro atoms. The second kappa shape index (κ2) is 5.93. The molecular weight excluding hydrogens is 258 g/mol. The van der Waals surface area contributed by atoms with E-state index in [1.165, 1.54) is 0 Å². The Labute approximate surface area is 119 Å². The molecule has 2 rings (SSSR count). The van der Waals surface area contributed by atoms with Crippen molar-refractivity contribution >= 4 is 5.91 Å². The molecule has 1 amide bonds. The average molecular weight is 281 g/mol. The summed E-state index contributed by atoms with van der Waals surface area (Å²) in [7, 11) is 3.49. The van der Waals surface area contributed by atoms with Crippen molar-refractivity contribution in [3.63, 3.8) is 0 Å². The van der Waals surface area contributed by atoms with Crippen molar-refractivity contribution in [1.82, 2.24) is 14.7 Å². The van der Waals surface area contributed by atoms with E-state index in [1.807, 2.05) is 32.0 Å². The Morgan fingerprint density at radius 3 is 2.95 bits per heavy atom. The zero-order valence-electron chi connectivity index (χ0n) is 12.6. The van der Waals surface area contributed by atoms with Gasteiger partial charge in [-0.25, -0.2) is 0 Å². The van der Waals surface area contributed by atoms with Gasteiger partial charge in [0, 0.05) is 33.4 Å². The van der Waals surface area contributed by atoms with E-state index in [2.05, 4.69) is 5.10 Å².